The zero-order valence-electron chi connectivity index (χ0n) is 11.1. The zero-order chi connectivity index (χ0) is 16.7. The summed E-state index contributed by atoms with van der Waals surface area (Å²) in [7, 11) is -5.53. The Labute approximate surface area is 129 Å². The molecule has 2 aromatic rings. The zero-order valence-corrected chi connectivity index (χ0v) is 12.7. The van der Waals surface area contributed by atoms with E-state index in [1.807, 2.05) is 0 Å². The number of alkyl halides is 3. The molecule has 22 heavy (non-hydrogen) atoms. The van der Waals surface area contributed by atoms with Crippen LogP contribution in [0.15, 0.2) is 41.3 Å². The van der Waals surface area contributed by atoms with Crippen LogP contribution in [0.1, 0.15) is 5.56 Å². The molecule has 0 fully saturated rings. The summed E-state index contributed by atoms with van der Waals surface area (Å²) in [6.45, 7) is 1.48. The second-order valence-corrected chi connectivity index (χ2v) is 6.88. The molecule has 0 N–H and O–H groups in total. The van der Waals surface area contributed by atoms with E-state index in [9.17, 15) is 26.0 Å². The summed E-state index contributed by atoms with van der Waals surface area (Å²) in [5.41, 5.74) is -5.36. The van der Waals surface area contributed by atoms with Gasteiger partial charge in [-0.15, -0.1) is 0 Å². The molecule has 2 nitrogen and oxygen atoms in total. The summed E-state index contributed by atoms with van der Waals surface area (Å²) in [5.74, 6) is -0.675. The van der Waals surface area contributed by atoms with Gasteiger partial charge in [0.15, 0.2) is 0 Å². The smallest absolute Gasteiger partial charge is 0.214 e. The maximum absolute atomic E-state index is 14.1. The molecule has 8 heteroatoms. The molecule has 0 aliphatic heterocycles. The quantitative estimate of drug-likeness (QED) is 0.731. The molecule has 0 aromatic heterocycles. The van der Waals surface area contributed by atoms with E-state index >= 15 is 0 Å². The van der Waals surface area contributed by atoms with Crippen LogP contribution in [0, 0.1) is 12.7 Å². The fourth-order valence-electron chi connectivity index (χ4n) is 1.87. The molecule has 0 aliphatic carbocycles. The number of benzene rings is 2. The van der Waals surface area contributed by atoms with Gasteiger partial charge in [0.25, 0.3) is 9.84 Å². The van der Waals surface area contributed by atoms with Crippen LogP contribution in [0.3, 0.4) is 0 Å². The van der Waals surface area contributed by atoms with Crippen LogP contribution in [0.2, 0.25) is 5.02 Å². The Morgan fingerprint density at radius 2 is 1.68 bits per heavy atom. The van der Waals surface area contributed by atoms with Crippen LogP contribution >= 0.6 is 11.6 Å². The van der Waals surface area contributed by atoms with Crippen LogP contribution in [-0.4, -0.2) is 13.9 Å². The van der Waals surface area contributed by atoms with Gasteiger partial charge in [-0.05, 0) is 30.7 Å². The topological polar surface area (TPSA) is 34.1 Å². The predicted molar refractivity (Wildman–Crippen MR) is 74.8 cm³/mol. The van der Waals surface area contributed by atoms with E-state index in [2.05, 4.69) is 0 Å². The second-order valence-electron chi connectivity index (χ2n) is 4.53. The Morgan fingerprint density at radius 3 is 2.27 bits per heavy atom. The third-order valence-corrected chi connectivity index (χ3v) is 4.85. The highest BCUT2D eigenvalue weighted by atomic mass is 35.5. The molecule has 0 heterocycles. The van der Waals surface area contributed by atoms with Crippen LogP contribution in [0.4, 0.5) is 17.6 Å². The maximum Gasteiger partial charge on any atom is 0.501 e. The van der Waals surface area contributed by atoms with Crippen molar-refractivity contribution < 1.29 is 26.0 Å². The van der Waals surface area contributed by atoms with Gasteiger partial charge in [0.2, 0.25) is 0 Å². The van der Waals surface area contributed by atoms with Crippen LogP contribution in [0.25, 0.3) is 11.1 Å². The molecule has 0 unspecified atom stereocenters. The van der Waals surface area contributed by atoms with Crippen LogP contribution in [0.5, 0.6) is 0 Å². The van der Waals surface area contributed by atoms with Crippen molar-refractivity contribution in [1.82, 2.24) is 0 Å². The molecule has 0 saturated heterocycles. The van der Waals surface area contributed by atoms with Crippen LogP contribution < -0.4 is 0 Å². The average molecular weight is 353 g/mol. The highest BCUT2D eigenvalue weighted by Crippen LogP contribution is 2.36. The predicted octanol–water partition coefficient (Wildman–Crippen LogP) is 4.75. The molecule has 0 saturated carbocycles. The van der Waals surface area contributed by atoms with E-state index in [4.69, 9.17) is 11.6 Å². The molecular weight excluding hydrogens is 344 g/mol. The third-order valence-electron chi connectivity index (χ3n) is 3.03. The van der Waals surface area contributed by atoms with Gasteiger partial charge in [-0.3, -0.25) is 0 Å². The standard InChI is InChI=1S/C14H9ClF4O2S/c1-8-3-2-4-10(13(8)16)11-7-9(5-6-12(11)15)22(20,21)14(17,18)19/h2-7H,1H3. The Bertz CT molecular complexity index is 829. The Hall–Kier alpha value is -1.60. The van der Waals surface area contributed by atoms with Gasteiger partial charge in [-0.2, -0.15) is 13.2 Å². The van der Waals surface area contributed by atoms with Crippen LogP contribution in [-0.2, 0) is 9.84 Å². The van der Waals surface area contributed by atoms with Gasteiger partial charge in [0, 0.05) is 16.1 Å². The van der Waals surface area contributed by atoms with Gasteiger partial charge in [0.05, 0.1) is 4.90 Å². The Kier molecular flexibility index (Phi) is 4.23. The van der Waals surface area contributed by atoms with E-state index in [1.54, 1.807) is 0 Å². The number of hydrogen-bond donors (Lipinski definition) is 0. The lowest BCUT2D eigenvalue weighted by molar-refractivity contribution is -0.0435. The van der Waals surface area contributed by atoms with Gasteiger partial charge in [-0.25, -0.2) is 12.8 Å². The first-order valence-electron chi connectivity index (χ1n) is 5.92. The van der Waals surface area contributed by atoms with Crippen molar-refractivity contribution >= 4 is 21.4 Å². The summed E-state index contributed by atoms with van der Waals surface area (Å²) >= 11 is 5.88. The highest BCUT2D eigenvalue weighted by molar-refractivity contribution is 7.92. The van der Waals surface area contributed by atoms with E-state index in [0.29, 0.717) is 0 Å². The SMILES string of the molecule is Cc1cccc(-c2cc(S(=O)(=O)C(F)(F)F)ccc2Cl)c1F. The fourth-order valence-corrected chi connectivity index (χ4v) is 2.87. The van der Waals surface area contributed by atoms with E-state index in [0.717, 1.165) is 18.2 Å². The summed E-state index contributed by atoms with van der Waals surface area (Å²) in [4.78, 5) is -0.986. The summed E-state index contributed by atoms with van der Waals surface area (Å²) in [5, 5.41) is -0.0503. The van der Waals surface area contributed by atoms with Crippen molar-refractivity contribution in [2.45, 2.75) is 17.3 Å². The van der Waals surface area contributed by atoms with Crippen molar-refractivity contribution in [2.75, 3.05) is 0 Å². The minimum Gasteiger partial charge on any atom is -0.214 e. The van der Waals surface area contributed by atoms with Crippen molar-refractivity contribution in [2.24, 2.45) is 0 Å². The molecule has 2 aromatic carbocycles. The van der Waals surface area contributed by atoms with E-state index < -0.39 is 26.1 Å². The molecule has 0 bridgehead atoms. The summed E-state index contributed by atoms with van der Waals surface area (Å²) in [6.07, 6.45) is 0. The number of aryl methyl sites for hydroxylation is 1. The molecular formula is C14H9ClF4O2S. The Balaban J connectivity index is 2.70. The highest BCUT2D eigenvalue weighted by Gasteiger charge is 2.47. The number of sulfone groups is 1. The maximum atomic E-state index is 14.1. The first kappa shape index (κ1) is 16.8. The second kappa shape index (κ2) is 5.55. The minimum absolute atomic E-state index is 0.0503. The average Bonchev–Trinajstić information content (AvgIpc) is 2.41. The fraction of sp³-hybridized carbons (Fsp3) is 0.143. The van der Waals surface area contributed by atoms with Gasteiger partial charge < -0.3 is 0 Å². The first-order chi connectivity index (χ1) is 10.1. The van der Waals surface area contributed by atoms with Gasteiger partial charge in [0.1, 0.15) is 5.82 Å². The molecule has 118 valence electrons. The summed E-state index contributed by atoms with van der Waals surface area (Å²) < 4.78 is 74.8. The molecule has 0 atom stereocenters. The van der Waals surface area contributed by atoms with E-state index in [1.165, 1.54) is 25.1 Å². The molecule has 2 rings (SSSR count). The largest absolute Gasteiger partial charge is 0.501 e. The van der Waals surface area contributed by atoms with Gasteiger partial charge in [-0.1, -0.05) is 29.8 Å². The van der Waals surface area contributed by atoms with Gasteiger partial charge >= 0.3 is 5.51 Å². The lowest BCUT2D eigenvalue weighted by Gasteiger charge is -2.12. The molecule has 0 amide bonds. The number of rotatable bonds is 2. The first-order valence-corrected chi connectivity index (χ1v) is 7.78. The third kappa shape index (κ3) is 2.83. The molecule has 0 aliphatic rings. The number of halogens is 5. The van der Waals surface area contributed by atoms with Crippen molar-refractivity contribution in [3.8, 4) is 11.1 Å². The Morgan fingerprint density at radius 1 is 1.05 bits per heavy atom. The summed E-state index contributed by atoms with van der Waals surface area (Å²) in [6, 6.07) is 6.74. The number of hydrogen-bond acceptors (Lipinski definition) is 2. The monoisotopic (exact) mass is 352 g/mol. The molecule has 0 spiro atoms. The lowest BCUT2D eigenvalue weighted by Crippen LogP contribution is -2.23. The normalized spacial score (nSPS) is 12.5. The minimum atomic E-state index is -5.53. The lowest BCUT2D eigenvalue weighted by atomic mass is 10.0. The van der Waals surface area contributed by atoms with Crippen molar-refractivity contribution in [3.05, 3.63) is 52.8 Å². The van der Waals surface area contributed by atoms with Crippen molar-refractivity contribution in [3.63, 3.8) is 0 Å². The molecule has 0 radical (unpaired) electrons. The van der Waals surface area contributed by atoms with E-state index in [-0.39, 0.29) is 21.7 Å². The van der Waals surface area contributed by atoms with Crippen molar-refractivity contribution in [1.29, 1.82) is 0 Å².